The normalized spacial score (nSPS) is 10.9. The summed E-state index contributed by atoms with van der Waals surface area (Å²) in [4.78, 5) is 15.1. The van der Waals surface area contributed by atoms with Gasteiger partial charge in [0.2, 0.25) is 0 Å². The van der Waals surface area contributed by atoms with Gasteiger partial charge in [-0.25, -0.2) is 0 Å². The lowest BCUT2D eigenvalue weighted by atomic mass is 10.0. The largest absolute Gasteiger partial charge is 0.304 e. The molecule has 1 amide bonds. The van der Waals surface area contributed by atoms with E-state index in [1.165, 1.54) is 5.56 Å². The van der Waals surface area contributed by atoms with Gasteiger partial charge in [-0.3, -0.25) is 4.79 Å². The molecule has 0 spiro atoms. The number of para-hydroxylation sites is 1. The predicted molar refractivity (Wildman–Crippen MR) is 114 cm³/mol. The Morgan fingerprint density at radius 2 is 1.56 bits per heavy atom. The molecule has 3 aromatic carbocycles. The summed E-state index contributed by atoms with van der Waals surface area (Å²) in [5, 5.41) is 0. The van der Waals surface area contributed by atoms with Crippen LogP contribution in [0.5, 0.6) is 0 Å². The molecule has 27 heavy (non-hydrogen) atoms. The van der Waals surface area contributed by atoms with Crippen LogP contribution in [-0.2, 0) is 17.8 Å². The molecule has 0 fully saturated rings. The van der Waals surface area contributed by atoms with E-state index in [-0.39, 0.29) is 5.91 Å². The summed E-state index contributed by atoms with van der Waals surface area (Å²) in [5.74, 6) is -0.00768. The number of hydrogen-bond acceptors (Lipinski definition) is 1. The Labute approximate surface area is 161 Å². The number of hydrogen-bond donors (Lipinski definition) is 0. The minimum absolute atomic E-state index is 0.00768. The Bertz CT molecular complexity index is 914. The average Bonchev–Trinajstić information content (AvgIpc) is 2.72. The van der Waals surface area contributed by atoms with E-state index in [2.05, 4.69) is 44.2 Å². The van der Waals surface area contributed by atoms with Crippen LogP contribution in [0.1, 0.15) is 29.2 Å². The zero-order chi connectivity index (χ0) is 19.1. The molecular weight excluding hydrogens is 330 g/mol. The molecule has 0 aliphatic carbocycles. The average molecular weight is 355 g/mol. The fourth-order valence-corrected chi connectivity index (χ4v) is 3.25. The highest BCUT2D eigenvalue weighted by atomic mass is 16.2. The third-order valence-electron chi connectivity index (χ3n) is 4.64. The van der Waals surface area contributed by atoms with Gasteiger partial charge in [-0.15, -0.1) is 0 Å². The number of benzene rings is 3. The molecule has 0 N–H and O–H groups in total. The molecule has 136 valence electrons. The topological polar surface area (TPSA) is 20.3 Å². The van der Waals surface area contributed by atoms with Crippen LogP contribution in [0.2, 0.25) is 0 Å². The Kier molecular flexibility index (Phi) is 6.22. The van der Waals surface area contributed by atoms with Crippen LogP contribution in [0.15, 0.2) is 84.9 Å². The monoisotopic (exact) mass is 355 g/mol. The first-order valence-corrected chi connectivity index (χ1v) is 9.36. The van der Waals surface area contributed by atoms with Gasteiger partial charge in [-0.2, -0.15) is 0 Å². The maximum Gasteiger partial charge on any atom is 0.251 e. The molecular formula is C25H25NO. The Hall–Kier alpha value is -3.13. The molecule has 0 aliphatic rings. The van der Waals surface area contributed by atoms with Crippen LogP contribution < -0.4 is 4.90 Å². The third-order valence-corrected chi connectivity index (χ3v) is 4.64. The molecule has 0 radical (unpaired) electrons. The van der Waals surface area contributed by atoms with Gasteiger partial charge in [0.25, 0.3) is 5.91 Å². The van der Waals surface area contributed by atoms with E-state index in [0.717, 1.165) is 28.8 Å². The van der Waals surface area contributed by atoms with Crippen molar-refractivity contribution in [2.24, 2.45) is 0 Å². The molecule has 0 aliphatic heterocycles. The zero-order valence-corrected chi connectivity index (χ0v) is 15.9. The van der Waals surface area contributed by atoms with Crippen molar-refractivity contribution in [3.63, 3.8) is 0 Å². The lowest BCUT2D eigenvalue weighted by Crippen LogP contribution is -2.30. The number of amides is 1. The molecule has 0 atom stereocenters. The van der Waals surface area contributed by atoms with Crippen molar-refractivity contribution in [2.75, 3.05) is 4.90 Å². The van der Waals surface area contributed by atoms with Crippen LogP contribution >= 0.6 is 0 Å². The fraction of sp³-hybridized carbons (Fsp3) is 0.160. The number of rotatable bonds is 6. The summed E-state index contributed by atoms with van der Waals surface area (Å²) in [6.07, 6.45) is 4.44. The molecule has 2 heteroatoms. The molecule has 0 unspecified atom stereocenters. The van der Waals surface area contributed by atoms with Crippen molar-refractivity contribution in [3.05, 3.63) is 107 Å². The van der Waals surface area contributed by atoms with Gasteiger partial charge in [-0.05, 0) is 41.7 Å². The van der Waals surface area contributed by atoms with Crippen LogP contribution in [0.25, 0.3) is 6.08 Å². The van der Waals surface area contributed by atoms with E-state index < -0.39 is 0 Å². The summed E-state index contributed by atoms with van der Waals surface area (Å²) >= 11 is 0. The minimum atomic E-state index is -0.00768. The Morgan fingerprint density at radius 3 is 2.22 bits per heavy atom. The first-order valence-electron chi connectivity index (χ1n) is 9.36. The molecule has 0 saturated heterocycles. The minimum Gasteiger partial charge on any atom is -0.304 e. The van der Waals surface area contributed by atoms with Gasteiger partial charge in [0.15, 0.2) is 0 Å². The fourth-order valence-electron chi connectivity index (χ4n) is 3.25. The van der Waals surface area contributed by atoms with Crippen molar-refractivity contribution in [2.45, 2.75) is 26.8 Å². The van der Waals surface area contributed by atoms with Crippen molar-refractivity contribution in [3.8, 4) is 0 Å². The molecule has 0 aromatic heterocycles. The summed E-state index contributed by atoms with van der Waals surface area (Å²) in [5.41, 5.74) is 5.46. The molecule has 3 aromatic rings. The van der Waals surface area contributed by atoms with Gasteiger partial charge in [-0.1, -0.05) is 85.8 Å². The van der Waals surface area contributed by atoms with E-state index in [4.69, 9.17) is 0 Å². The molecule has 3 rings (SSSR count). The lowest BCUT2D eigenvalue weighted by Gasteiger charge is -2.26. The van der Waals surface area contributed by atoms with E-state index in [9.17, 15) is 4.79 Å². The highest BCUT2D eigenvalue weighted by Crippen LogP contribution is 2.28. The van der Waals surface area contributed by atoms with Gasteiger partial charge in [0.05, 0.1) is 12.2 Å². The first-order chi connectivity index (χ1) is 13.2. The zero-order valence-electron chi connectivity index (χ0n) is 15.9. The molecule has 0 heterocycles. The summed E-state index contributed by atoms with van der Waals surface area (Å²) in [7, 11) is 0. The van der Waals surface area contributed by atoms with Crippen molar-refractivity contribution in [1.82, 2.24) is 0 Å². The Balaban J connectivity index is 1.97. The van der Waals surface area contributed by atoms with E-state index in [1.807, 2.05) is 59.5 Å². The lowest BCUT2D eigenvalue weighted by molar-refractivity contribution is -0.114. The smallest absolute Gasteiger partial charge is 0.251 e. The van der Waals surface area contributed by atoms with Crippen LogP contribution in [0, 0.1) is 6.92 Å². The molecule has 0 bridgehead atoms. The molecule has 0 saturated carbocycles. The van der Waals surface area contributed by atoms with E-state index >= 15 is 0 Å². The maximum absolute atomic E-state index is 13.2. The van der Waals surface area contributed by atoms with Gasteiger partial charge in [0, 0.05) is 6.08 Å². The Morgan fingerprint density at radius 1 is 0.889 bits per heavy atom. The van der Waals surface area contributed by atoms with Gasteiger partial charge >= 0.3 is 0 Å². The second kappa shape index (κ2) is 9.00. The standard InChI is InChI=1S/C25H25NO/c1-3-23-16-10-11-20(2)25(23)26(19-22-14-8-5-9-15-22)24(27)18-17-21-12-6-4-7-13-21/h4-18H,3,19H2,1-2H3/b18-17+. The van der Waals surface area contributed by atoms with E-state index in [1.54, 1.807) is 6.08 Å². The van der Waals surface area contributed by atoms with Crippen LogP contribution in [-0.4, -0.2) is 5.91 Å². The van der Waals surface area contributed by atoms with Crippen LogP contribution in [0.4, 0.5) is 5.69 Å². The van der Waals surface area contributed by atoms with Gasteiger partial charge < -0.3 is 4.90 Å². The quantitative estimate of drug-likeness (QED) is 0.511. The summed E-state index contributed by atoms with van der Waals surface area (Å²) in [6.45, 7) is 4.75. The summed E-state index contributed by atoms with van der Waals surface area (Å²) < 4.78 is 0. The van der Waals surface area contributed by atoms with Crippen molar-refractivity contribution >= 4 is 17.7 Å². The highest BCUT2D eigenvalue weighted by Gasteiger charge is 2.18. The van der Waals surface area contributed by atoms with Crippen molar-refractivity contribution in [1.29, 1.82) is 0 Å². The highest BCUT2D eigenvalue weighted by molar-refractivity contribution is 6.04. The second-order valence-electron chi connectivity index (χ2n) is 6.59. The van der Waals surface area contributed by atoms with Crippen LogP contribution in [0.3, 0.4) is 0 Å². The number of carbonyl (C=O) groups excluding carboxylic acids is 1. The number of anilines is 1. The third kappa shape index (κ3) is 4.73. The number of aryl methyl sites for hydroxylation is 2. The van der Waals surface area contributed by atoms with Crippen molar-refractivity contribution < 1.29 is 4.79 Å². The predicted octanol–water partition coefficient (Wildman–Crippen LogP) is 5.80. The second-order valence-corrected chi connectivity index (χ2v) is 6.59. The number of nitrogens with zero attached hydrogens (tertiary/aromatic N) is 1. The SMILES string of the molecule is CCc1cccc(C)c1N(Cc1ccccc1)C(=O)/C=C/c1ccccc1. The maximum atomic E-state index is 13.2. The van der Waals surface area contributed by atoms with Gasteiger partial charge in [0.1, 0.15) is 0 Å². The number of carbonyl (C=O) groups is 1. The summed E-state index contributed by atoms with van der Waals surface area (Å²) in [6, 6.07) is 26.3. The van der Waals surface area contributed by atoms with E-state index in [0.29, 0.717) is 6.54 Å². The first kappa shape index (κ1) is 18.7. The molecule has 2 nitrogen and oxygen atoms in total.